The van der Waals surface area contributed by atoms with E-state index in [1.807, 2.05) is 0 Å². The molecule has 0 radical (unpaired) electrons. The van der Waals surface area contributed by atoms with Crippen LogP contribution in [0.5, 0.6) is 0 Å². The summed E-state index contributed by atoms with van der Waals surface area (Å²) in [6.07, 6.45) is 3.87. The molecule has 1 atom stereocenters. The zero-order valence-corrected chi connectivity index (χ0v) is 10.6. The third-order valence-corrected chi connectivity index (χ3v) is 3.28. The Labute approximate surface area is 93.8 Å². The SMILES string of the molecule is CC(C)(C)CCN1CCC(CCCl)C1. The van der Waals surface area contributed by atoms with Crippen molar-refractivity contribution < 1.29 is 0 Å². The molecule has 0 N–H and O–H groups in total. The van der Waals surface area contributed by atoms with Gasteiger partial charge in [-0.1, -0.05) is 20.8 Å². The topological polar surface area (TPSA) is 3.24 Å². The Morgan fingerprint density at radius 1 is 1.36 bits per heavy atom. The summed E-state index contributed by atoms with van der Waals surface area (Å²) in [5.74, 6) is 1.70. The Balaban J connectivity index is 2.16. The maximum absolute atomic E-state index is 5.76. The maximum Gasteiger partial charge on any atom is 0.0226 e. The fraction of sp³-hybridized carbons (Fsp3) is 1.00. The zero-order valence-electron chi connectivity index (χ0n) is 9.85. The monoisotopic (exact) mass is 217 g/mol. The highest BCUT2D eigenvalue weighted by atomic mass is 35.5. The van der Waals surface area contributed by atoms with Crippen molar-refractivity contribution in [1.82, 2.24) is 4.90 Å². The molecule has 84 valence electrons. The van der Waals surface area contributed by atoms with Gasteiger partial charge in [0.15, 0.2) is 0 Å². The molecule has 0 spiro atoms. The van der Waals surface area contributed by atoms with E-state index >= 15 is 0 Å². The Morgan fingerprint density at radius 2 is 2.07 bits per heavy atom. The fourth-order valence-electron chi connectivity index (χ4n) is 2.00. The van der Waals surface area contributed by atoms with Crippen LogP contribution < -0.4 is 0 Å². The highest BCUT2D eigenvalue weighted by molar-refractivity contribution is 6.17. The number of hydrogen-bond acceptors (Lipinski definition) is 1. The van der Waals surface area contributed by atoms with E-state index in [4.69, 9.17) is 11.6 Å². The molecule has 1 rings (SSSR count). The number of rotatable bonds is 4. The van der Waals surface area contributed by atoms with Crippen molar-refractivity contribution in [3.05, 3.63) is 0 Å². The summed E-state index contributed by atoms with van der Waals surface area (Å²) in [7, 11) is 0. The number of hydrogen-bond donors (Lipinski definition) is 0. The summed E-state index contributed by atoms with van der Waals surface area (Å²) < 4.78 is 0. The second-order valence-corrected chi connectivity index (χ2v) is 6.12. The molecule has 0 aromatic rings. The molecule has 1 aliphatic heterocycles. The van der Waals surface area contributed by atoms with Crippen LogP contribution in [-0.4, -0.2) is 30.4 Å². The molecule has 1 saturated heterocycles. The first-order chi connectivity index (χ1) is 6.51. The first-order valence-corrected chi connectivity index (χ1v) is 6.33. The standard InChI is InChI=1S/C12H24ClN/c1-12(2,3)6-9-14-8-5-11(10-14)4-7-13/h11H,4-10H2,1-3H3. The second-order valence-electron chi connectivity index (χ2n) is 5.74. The van der Waals surface area contributed by atoms with E-state index < -0.39 is 0 Å². The quantitative estimate of drug-likeness (QED) is 0.653. The van der Waals surface area contributed by atoms with Gasteiger partial charge >= 0.3 is 0 Å². The van der Waals surface area contributed by atoms with Crippen LogP contribution in [0.2, 0.25) is 0 Å². The summed E-state index contributed by atoms with van der Waals surface area (Å²) >= 11 is 5.76. The van der Waals surface area contributed by atoms with Gasteiger partial charge in [-0.25, -0.2) is 0 Å². The van der Waals surface area contributed by atoms with Crippen LogP contribution in [0, 0.1) is 11.3 Å². The van der Waals surface area contributed by atoms with Crippen LogP contribution in [0.3, 0.4) is 0 Å². The summed E-state index contributed by atoms with van der Waals surface area (Å²) in [5, 5.41) is 0. The van der Waals surface area contributed by atoms with Crippen molar-refractivity contribution in [2.75, 3.05) is 25.5 Å². The molecule has 1 nitrogen and oxygen atoms in total. The average Bonchev–Trinajstić information content (AvgIpc) is 2.49. The van der Waals surface area contributed by atoms with Gasteiger partial charge in [0, 0.05) is 12.4 Å². The molecule has 1 heterocycles. The second kappa shape index (κ2) is 5.37. The van der Waals surface area contributed by atoms with Gasteiger partial charge in [-0.2, -0.15) is 0 Å². The van der Waals surface area contributed by atoms with Crippen molar-refractivity contribution in [2.45, 2.75) is 40.0 Å². The largest absolute Gasteiger partial charge is 0.303 e. The molecule has 2 heteroatoms. The Hall–Kier alpha value is 0.250. The summed E-state index contributed by atoms with van der Waals surface area (Å²) in [6.45, 7) is 10.8. The van der Waals surface area contributed by atoms with Crippen molar-refractivity contribution in [3.8, 4) is 0 Å². The highest BCUT2D eigenvalue weighted by Crippen LogP contribution is 2.23. The van der Waals surface area contributed by atoms with Gasteiger partial charge in [0.25, 0.3) is 0 Å². The molecule has 14 heavy (non-hydrogen) atoms. The fourth-order valence-corrected chi connectivity index (χ4v) is 2.31. The molecular formula is C12H24ClN. The van der Waals surface area contributed by atoms with E-state index in [0.717, 1.165) is 11.8 Å². The Morgan fingerprint density at radius 3 is 2.64 bits per heavy atom. The van der Waals surface area contributed by atoms with Crippen molar-refractivity contribution in [1.29, 1.82) is 0 Å². The van der Waals surface area contributed by atoms with Crippen LogP contribution in [0.4, 0.5) is 0 Å². The van der Waals surface area contributed by atoms with Gasteiger partial charge in [0.2, 0.25) is 0 Å². The molecule has 1 aliphatic rings. The van der Waals surface area contributed by atoms with Crippen molar-refractivity contribution in [2.24, 2.45) is 11.3 Å². The first-order valence-electron chi connectivity index (χ1n) is 5.79. The van der Waals surface area contributed by atoms with Gasteiger partial charge in [-0.05, 0) is 43.7 Å². The molecule has 0 aromatic heterocycles. The molecule has 1 fully saturated rings. The molecule has 0 bridgehead atoms. The Kier molecular flexibility index (Phi) is 4.72. The zero-order chi connectivity index (χ0) is 10.6. The molecule has 1 unspecified atom stereocenters. The number of nitrogens with zero attached hydrogens (tertiary/aromatic N) is 1. The van der Waals surface area contributed by atoms with Crippen LogP contribution in [0.25, 0.3) is 0 Å². The minimum Gasteiger partial charge on any atom is -0.303 e. The number of halogens is 1. The lowest BCUT2D eigenvalue weighted by Crippen LogP contribution is -2.25. The summed E-state index contributed by atoms with van der Waals surface area (Å²) in [5.41, 5.74) is 0.477. The number of alkyl halides is 1. The van der Waals surface area contributed by atoms with Gasteiger partial charge in [0.05, 0.1) is 0 Å². The van der Waals surface area contributed by atoms with Gasteiger partial charge in [0.1, 0.15) is 0 Å². The summed E-state index contributed by atoms with van der Waals surface area (Å²) in [6, 6.07) is 0. The van der Waals surface area contributed by atoms with E-state index in [0.29, 0.717) is 5.41 Å². The smallest absolute Gasteiger partial charge is 0.0226 e. The molecule has 0 aromatic carbocycles. The lowest BCUT2D eigenvalue weighted by Gasteiger charge is -2.23. The summed E-state index contributed by atoms with van der Waals surface area (Å²) in [4.78, 5) is 2.60. The minimum atomic E-state index is 0.477. The third kappa shape index (κ3) is 4.65. The van der Waals surface area contributed by atoms with Crippen molar-refractivity contribution >= 4 is 11.6 Å². The van der Waals surface area contributed by atoms with Crippen molar-refractivity contribution in [3.63, 3.8) is 0 Å². The first kappa shape index (κ1) is 12.3. The predicted octanol–water partition coefficient (Wildman–Crippen LogP) is 3.37. The normalized spacial score (nSPS) is 24.4. The van der Waals surface area contributed by atoms with E-state index in [2.05, 4.69) is 25.7 Å². The molecular weight excluding hydrogens is 194 g/mol. The third-order valence-electron chi connectivity index (χ3n) is 3.07. The van der Waals surface area contributed by atoms with Gasteiger partial charge in [-0.3, -0.25) is 0 Å². The predicted molar refractivity (Wildman–Crippen MR) is 64.0 cm³/mol. The average molecular weight is 218 g/mol. The minimum absolute atomic E-state index is 0.477. The molecule has 0 saturated carbocycles. The van der Waals surface area contributed by atoms with Crippen LogP contribution >= 0.6 is 11.6 Å². The van der Waals surface area contributed by atoms with E-state index in [9.17, 15) is 0 Å². The molecule has 0 amide bonds. The van der Waals surface area contributed by atoms with Crippen LogP contribution in [0.15, 0.2) is 0 Å². The van der Waals surface area contributed by atoms with E-state index in [1.54, 1.807) is 0 Å². The van der Waals surface area contributed by atoms with Crippen LogP contribution in [0.1, 0.15) is 40.0 Å². The maximum atomic E-state index is 5.76. The van der Waals surface area contributed by atoms with E-state index in [-0.39, 0.29) is 0 Å². The Bertz CT molecular complexity index is 162. The molecule has 0 aliphatic carbocycles. The number of likely N-dealkylation sites (tertiary alicyclic amines) is 1. The lowest BCUT2D eigenvalue weighted by molar-refractivity contribution is 0.258. The highest BCUT2D eigenvalue weighted by Gasteiger charge is 2.22. The van der Waals surface area contributed by atoms with Gasteiger partial charge in [-0.15, -0.1) is 11.6 Å². The van der Waals surface area contributed by atoms with E-state index in [1.165, 1.54) is 38.9 Å². The lowest BCUT2D eigenvalue weighted by atomic mass is 9.92. The van der Waals surface area contributed by atoms with Gasteiger partial charge < -0.3 is 4.90 Å². The van der Waals surface area contributed by atoms with Crippen LogP contribution in [-0.2, 0) is 0 Å².